The van der Waals surface area contributed by atoms with Gasteiger partial charge >= 0.3 is 0 Å². The molecular weight excluding hydrogens is 624 g/mol. The summed E-state index contributed by atoms with van der Waals surface area (Å²) < 4.78 is 38.0. The standard InChI is InChI=1S/C40H64O9/c1-9-24(2)37-28(6)15-17-39(49-37)22-31(41)20-32(48-39)14-13-27(5)36(47-34-21-33(44-8)19-29(7)46-34)26(4)11-10-12-30-23-45-38-35(42)25(3)16-18-40(30,38)43/h10-13,16,24,26,28-29,31-38,41-43H,9,14-15,17-23H2,1-8H3/b11-10+,27-13+,30-12+/t24-,26-,28-,29-,31-,32+,33+,34-,35+,36-,37?,38+,39+,40?/m0/s1. The van der Waals surface area contributed by atoms with E-state index in [1.807, 2.05) is 25.2 Å². The summed E-state index contributed by atoms with van der Waals surface area (Å²) >= 11 is 0. The molecule has 1 spiro atoms. The molecule has 5 aliphatic rings. The van der Waals surface area contributed by atoms with Crippen LogP contribution in [-0.4, -0.2) is 95.5 Å². The molecule has 49 heavy (non-hydrogen) atoms. The van der Waals surface area contributed by atoms with Gasteiger partial charge in [0.05, 0.1) is 43.2 Å². The van der Waals surface area contributed by atoms with Crippen molar-refractivity contribution in [1.82, 2.24) is 0 Å². The maximum atomic E-state index is 11.5. The molecule has 9 nitrogen and oxygen atoms in total. The van der Waals surface area contributed by atoms with Gasteiger partial charge in [0.25, 0.3) is 0 Å². The molecule has 5 rings (SSSR count). The van der Waals surface area contributed by atoms with Gasteiger partial charge in [-0.1, -0.05) is 64.5 Å². The van der Waals surface area contributed by atoms with Gasteiger partial charge in [-0.15, -0.1) is 0 Å². The van der Waals surface area contributed by atoms with Crippen molar-refractivity contribution in [3.8, 4) is 0 Å². The predicted molar refractivity (Wildman–Crippen MR) is 189 cm³/mol. The summed E-state index contributed by atoms with van der Waals surface area (Å²) in [6.07, 6.45) is 14.0. The second kappa shape index (κ2) is 16.5. The average molecular weight is 689 g/mol. The normalized spacial score (nSPS) is 43.1. The lowest BCUT2D eigenvalue weighted by molar-refractivity contribution is -0.340. The number of hydrogen-bond acceptors (Lipinski definition) is 9. The Kier molecular flexibility index (Phi) is 13.1. The minimum absolute atomic E-state index is 0.0228. The molecule has 0 amide bonds. The van der Waals surface area contributed by atoms with E-state index in [4.69, 9.17) is 28.4 Å². The smallest absolute Gasteiger partial charge is 0.171 e. The Bertz CT molecular complexity index is 1220. The number of aliphatic hydroxyl groups is 3. The first-order valence-electron chi connectivity index (χ1n) is 18.9. The van der Waals surface area contributed by atoms with Crippen LogP contribution in [0.25, 0.3) is 0 Å². The van der Waals surface area contributed by atoms with Gasteiger partial charge in [-0.3, -0.25) is 0 Å². The monoisotopic (exact) mass is 688 g/mol. The van der Waals surface area contributed by atoms with Gasteiger partial charge in [0.1, 0.15) is 17.8 Å². The highest BCUT2D eigenvalue weighted by Gasteiger charge is 2.51. The van der Waals surface area contributed by atoms with Crippen LogP contribution < -0.4 is 0 Å². The van der Waals surface area contributed by atoms with Crippen molar-refractivity contribution >= 4 is 0 Å². The van der Waals surface area contributed by atoms with Crippen molar-refractivity contribution in [3.63, 3.8) is 0 Å². The molecule has 278 valence electrons. The highest BCUT2D eigenvalue weighted by Crippen LogP contribution is 2.44. The number of rotatable bonds is 11. The minimum atomic E-state index is -1.21. The summed E-state index contributed by atoms with van der Waals surface area (Å²) in [5.74, 6) is 0.128. The molecule has 3 N–H and O–H groups in total. The molecule has 0 aromatic rings. The van der Waals surface area contributed by atoms with E-state index in [1.54, 1.807) is 7.11 Å². The molecule has 0 bridgehead atoms. The Morgan fingerprint density at radius 3 is 2.65 bits per heavy atom. The highest BCUT2D eigenvalue weighted by atomic mass is 16.7. The SMILES string of the molecule is CC[C@H](C)C1O[C@]2(CC[C@@H]1C)C[C@@H](O)C[C@@H](C/C=C(\C)[C@@H](O[C@H]1C[C@H](OC)C[C@H](C)O1)[C@@H](C)/C=C/C=C1\CO[C@@H]3[C@H](O)C(C)=CCC13O)O2. The summed E-state index contributed by atoms with van der Waals surface area (Å²) in [6, 6.07) is 0. The first-order chi connectivity index (χ1) is 23.3. The first-order valence-corrected chi connectivity index (χ1v) is 18.9. The van der Waals surface area contributed by atoms with Gasteiger partial charge < -0.3 is 43.7 Å². The Labute approximate surface area is 294 Å². The van der Waals surface area contributed by atoms with Gasteiger partial charge in [-0.25, -0.2) is 0 Å². The molecule has 9 heteroatoms. The third kappa shape index (κ3) is 8.98. The first kappa shape index (κ1) is 38.8. The van der Waals surface area contributed by atoms with Crippen molar-refractivity contribution in [3.05, 3.63) is 47.1 Å². The molecule has 0 aromatic carbocycles. The molecular formula is C40H64O9. The number of ether oxygens (including phenoxy) is 6. The average Bonchev–Trinajstić information content (AvgIpc) is 3.40. The van der Waals surface area contributed by atoms with Crippen molar-refractivity contribution in [2.24, 2.45) is 17.8 Å². The van der Waals surface area contributed by atoms with Crippen molar-refractivity contribution in [2.75, 3.05) is 13.7 Å². The fraction of sp³-hybridized carbons (Fsp3) is 0.800. The largest absolute Gasteiger partial charge is 0.393 e. The third-order valence-electron chi connectivity index (χ3n) is 11.9. The Morgan fingerprint density at radius 1 is 1.14 bits per heavy atom. The van der Waals surface area contributed by atoms with E-state index in [0.717, 1.165) is 42.4 Å². The predicted octanol–water partition coefficient (Wildman–Crippen LogP) is 6.30. The topological polar surface area (TPSA) is 116 Å². The molecule has 0 aromatic heterocycles. The van der Waals surface area contributed by atoms with E-state index in [2.05, 4.69) is 53.7 Å². The quantitative estimate of drug-likeness (QED) is 0.215. The minimum Gasteiger partial charge on any atom is -0.393 e. The van der Waals surface area contributed by atoms with Crippen molar-refractivity contribution in [1.29, 1.82) is 0 Å². The fourth-order valence-electron chi connectivity index (χ4n) is 8.59. The molecule has 4 aliphatic heterocycles. The van der Waals surface area contributed by atoms with Crippen LogP contribution in [-0.2, 0) is 28.4 Å². The molecule has 1 aliphatic carbocycles. The molecule has 4 saturated heterocycles. The number of allylic oxidation sites excluding steroid dienone is 2. The fourth-order valence-corrected chi connectivity index (χ4v) is 8.59. The molecule has 4 fully saturated rings. The van der Waals surface area contributed by atoms with Crippen LogP contribution in [0.1, 0.15) is 106 Å². The molecule has 2 unspecified atom stereocenters. The van der Waals surface area contributed by atoms with Gasteiger partial charge in [-0.05, 0) is 68.6 Å². The highest BCUT2D eigenvalue weighted by molar-refractivity contribution is 5.35. The van der Waals surface area contributed by atoms with Gasteiger partial charge in [0.15, 0.2) is 12.1 Å². The van der Waals surface area contributed by atoms with Crippen LogP contribution in [0.4, 0.5) is 0 Å². The van der Waals surface area contributed by atoms with Crippen LogP contribution >= 0.6 is 0 Å². The van der Waals surface area contributed by atoms with Crippen LogP contribution in [0.3, 0.4) is 0 Å². The lowest BCUT2D eigenvalue weighted by atomic mass is 9.78. The lowest BCUT2D eigenvalue weighted by Crippen LogP contribution is -2.54. The van der Waals surface area contributed by atoms with Crippen LogP contribution in [0, 0.1) is 17.8 Å². The Hall–Kier alpha value is -1.40. The number of aliphatic hydroxyl groups excluding tert-OH is 2. The zero-order valence-corrected chi connectivity index (χ0v) is 31.2. The second-order valence-corrected chi connectivity index (χ2v) is 15.9. The summed E-state index contributed by atoms with van der Waals surface area (Å²) in [5.41, 5.74) is 1.44. The second-order valence-electron chi connectivity index (χ2n) is 15.9. The number of fused-ring (bicyclic) bond motifs is 1. The van der Waals surface area contributed by atoms with Gasteiger partial charge in [0, 0.05) is 45.1 Å². The van der Waals surface area contributed by atoms with Crippen LogP contribution in [0.5, 0.6) is 0 Å². The zero-order valence-electron chi connectivity index (χ0n) is 31.2. The number of methoxy groups -OCH3 is 1. The maximum absolute atomic E-state index is 11.5. The summed E-state index contributed by atoms with van der Waals surface area (Å²) in [7, 11) is 1.74. The summed E-state index contributed by atoms with van der Waals surface area (Å²) in [4.78, 5) is 0. The maximum Gasteiger partial charge on any atom is 0.171 e. The van der Waals surface area contributed by atoms with Crippen LogP contribution in [0.15, 0.2) is 47.1 Å². The molecule has 14 atom stereocenters. The van der Waals surface area contributed by atoms with E-state index in [-0.39, 0.29) is 43.0 Å². The van der Waals surface area contributed by atoms with Crippen molar-refractivity contribution in [2.45, 2.75) is 173 Å². The van der Waals surface area contributed by atoms with Crippen LogP contribution in [0.2, 0.25) is 0 Å². The van der Waals surface area contributed by atoms with Gasteiger partial charge in [0.2, 0.25) is 0 Å². The van der Waals surface area contributed by atoms with E-state index in [9.17, 15) is 15.3 Å². The summed E-state index contributed by atoms with van der Waals surface area (Å²) in [6.45, 7) is 15.1. The zero-order chi connectivity index (χ0) is 35.5. The van der Waals surface area contributed by atoms with E-state index < -0.39 is 36.0 Å². The Morgan fingerprint density at radius 2 is 1.92 bits per heavy atom. The molecule has 0 saturated carbocycles. The third-order valence-corrected chi connectivity index (χ3v) is 11.9. The van der Waals surface area contributed by atoms with E-state index in [1.165, 1.54) is 0 Å². The molecule has 4 heterocycles. The van der Waals surface area contributed by atoms with E-state index >= 15 is 0 Å². The Balaban J connectivity index is 1.31. The van der Waals surface area contributed by atoms with Crippen molar-refractivity contribution < 1.29 is 43.7 Å². The lowest BCUT2D eigenvalue weighted by Gasteiger charge is -2.50. The molecule has 0 radical (unpaired) electrons. The number of hydrogen-bond donors (Lipinski definition) is 3. The summed E-state index contributed by atoms with van der Waals surface area (Å²) in [5, 5.41) is 33.1. The van der Waals surface area contributed by atoms with E-state index in [0.29, 0.717) is 43.9 Å². The van der Waals surface area contributed by atoms with Gasteiger partial charge in [-0.2, -0.15) is 0 Å².